The third kappa shape index (κ3) is 9.58. The van der Waals surface area contributed by atoms with Crippen molar-refractivity contribution in [3.8, 4) is 0 Å². The van der Waals surface area contributed by atoms with Gasteiger partial charge < -0.3 is 0 Å². The van der Waals surface area contributed by atoms with Gasteiger partial charge in [-0.1, -0.05) is 61.0 Å². The summed E-state index contributed by atoms with van der Waals surface area (Å²) in [5, 5.41) is -0.459. The minimum absolute atomic E-state index is 0.0408. The van der Waals surface area contributed by atoms with Crippen molar-refractivity contribution < 1.29 is 35.5 Å². The fraction of sp³-hybridized carbons (Fsp3) is 0.733. The average molecular weight is 730 g/mol. The number of fused-ring (bicyclic) bond motifs is 1. The van der Waals surface area contributed by atoms with E-state index in [1.807, 2.05) is 11.8 Å². The summed E-state index contributed by atoms with van der Waals surface area (Å²) < 4.78 is 65.5. The molecule has 6 nitrogen and oxygen atoms in total. The van der Waals surface area contributed by atoms with Crippen LogP contribution in [0.1, 0.15) is 132 Å². The molecule has 1 aliphatic heterocycles. The lowest BCUT2D eigenvalue weighted by atomic mass is 9.76. The van der Waals surface area contributed by atoms with Gasteiger partial charge in [-0.2, -0.15) is 46.8 Å². The molecule has 6 unspecified atom stereocenters. The molecule has 45 heavy (non-hydrogen) atoms. The van der Waals surface area contributed by atoms with Crippen molar-refractivity contribution in [2.75, 3.05) is 0 Å². The summed E-state index contributed by atoms with van der Waals surface area (Å²) in [5.41, 5.74) is -5.49. The number of carbonyl (C=O) groups excluding carboxylic acids is 2. The van der Waals surface area contributed by atoms with Crippen molar-refractivity contribution in [2.45, 2.75) is 135 Å². The first kappa shape index (κ1) is 40.7. The Morgan fingerprint density at radius 1 is 0.911 bits per heavy atom. The SMILES string of the molecule is BC(C)(S)C(C)(CC)SC(CCC)C(SC(C)(CC)CCC(C)(S)CC)c1ccc2c(c1)C(=O)N(OS(=O)(=O)C(F)(F)F)C2=O. The number of amides is 2. The molecule has 1 aromatic carbocycles. The van der Waals surface area contributed by atoms with Gasteiger partial charge in [-0.25, -0.2) is 0 Å². The predicted octanol–water partition coefficient (Wildman–Crippen LogP) is 8.24. The van der Waals surface area contributed by atoms with Gasteiger partial charge in [0.1, 0.15) is 7.85 Å². The standard InChI is InChI=1S/C30H47BF3NO5S5/c1-9-13-22(43-28(7,12-4)29(8,31)42)23(44-27(6,11-3)17-16-26(5,41)10-2)19-14-15-20-21(18-19)25(37)35(24(20)36)40-45(38,39)30(32,33)34/h14-15,18,22-23,41-42H,9-13,16-17,31H2,1-8H3. The molecule has 0 aromatic heterocycles. The van der Waals surface area contributed by atoms with Crippen molar-refractivity contribution in [2.24, 2.45) is 0 Å². The fourth-order valence-electron chi connectivity index (χ4n) is 4.87. The highest BCUT2D eigenvalue weighted by Gasteiger charge is 2.52. The summed E-state index contributed by atoms with van der Waals surface area (Å²) in [6.07, 6.45) is 6.10. The predicted molar refractivity (Wildman–Crippen MR) is 190 cm³/mol. The van der Waals surface area contributed by atoms with E-state index in [0.717, 1.165) is 50.5 Å². The van der Waals surface area contributed by atoms with Crippen LogP contribution in [0.15, 0.2) is 18.2 Å². The van der Waals surface area contributed by atoms with Crippen LogP contribution in [0, 0.1) is 0 Å². The maximum Gasteiger partial charge on any atom is 0.525 e. The smallest absolute Gasteiger partial charge is 0.266 e. The van der Waals surface area contributed by atoms with E-state index in [-0.39, 0.29) is 45.6 Å². The quantitative estimate of drug-likeness (QED) is 0.0724. The van der Waals surface area contributed by atoms with Crippen LogP contribution < -0.4 is 0 Å². The molecular formula is C30H47BF3NO5S5. The first-order chi connectivity index (χ1) is 20.4. The lowest BCUT2D eigenvalue weighted by Crippen LogP contribution is -2.45. The second kappa shape index (κ2) is 15.0. The Morgan fingerprint density at radius 2 is 1.49 bits per heavy atom. The molecule has 1 aliphatic rings. The van der Waals surface area contributed by atoms with E-state index in [1.54, 1.807) is 17.8 Å². The lowest BCUT2D eigenvalue weighted by molar-refractivity contribution is -0.0748. The number of alkyl halides is 3. The van der Waals surface area contributed by atoms with Crippen molar-refractivity contribution in [1.82, 2.24) is 5.06 Å². The topological polar surface area (TPSA) is 80.8 Å². The summed E-state index contributed by atoms with van der Waals surface area (Å²) in [6.45, 7) is 17.1. The molecule has 0 spiro atoms. The second-order valence-electron chi connectivity index (χ2n) is 13.0. The van der Waals surface area contributed by atoms with Gasteiger partial charge in [-0.3, -0.25) is 9.59 Å². The number of hydroxylamine groups is 2. The molecule has 0 saturated carbocycles. The highest BCUT2D eigenvalue weighted by Crippen LogP contribution is 2.54. The first-order valence-corrected chi connectivity index (χ1v) is 19.3. The summed E-state index contributed by atoms with van der Waals surface area (Å²) >= 11 is 13.5. The number of hydrogen-bond donors (Lipinski definition) is 2. The molecule has 0 N–H and O–H groups in total. The van der Waals surface area contributed by atoms with Crippen molar-refractivity contribution >= 4 is 78.6 Å². The number of rotatable bonds is 17. The van der Waals surface area contributed by atoms with Crippen molar-refractivity contribution in [3.63, 3.8) is 0 Å². The van der Waals surface area contributed by atoms with E-state index < -0.39 is 27.4 Å². The van der Waals surface area contributed by atoms with Crippen LogP contribution in [0.5, 0.6) is 0 Å². The highest BCUT2D eigenvalue weighted by atomic mass is 32.2. The van der Waals surface area contributed by atoms with Gasteiger partial charge in [0.25, 0.3) is 11.8 Å². The van der Waals surface area contributed by atoms with Crippen LogP contribution in [0.2, 0.25) is 0 Å². The number of halogens is 3. The third-order valence-electron chi connectivity index (χ3n) is 9.06. The van der Waals surface area contributed by atoms with Crippen LogP contribution in [-0.2, 0) is 14.4 Å². The summed E-state index contributed by atoms with van der Waals surface area (Å²) in [5.74, 6) is -2.52. The van der Waals surface area contributed by atoms with Crippen LogP contribution >= 0.6 is 48.8 Å². The van der Waals surface area contributed by atoms with Gasteiger partial charge in [0, 0.05) is 24.7 Å². The van der Waals surface area contributed by atoms with Crippen molar-refractivity contribution in [3.05, 3.63) is 34.9 Å². The van der Waals surface area contributed by atoms with Crippen molar-refractivity contribution in [1.29, 1.82) is 0 Å². The monoisotopic (exact) mass is 729 g/mol. The molecular weight excluding hydrogens is 682 g/mol. The molecule has 0 aliphatic carbocycles. The molecule has 0 radical (unpaired) electrons. The Hall–Kier alpha value is -0.475. The van der Waals surface area contributed by atoms with Crippen LogP contribution in [0.4, 0.5) is 13.2 Å². The number of imide groups is 1. The van der Waals surface area contributed by atoms with E-state index in [9.17, 15) is 31.2 Å². The zero-order valence-electron chi connectivity index (χ0n) is 27.6. The third-order valence-corrected chi connectivity index (χ3v) is 15.4. The number of nitrogens with zero attached hydrogens (tertiary/aromatic N) is 1. The Morgan fingerprint density at radius 3 is 1.96 bits per heavy atom. The van der Waals surface area contributed by atoms with Gasteiger partial charge in [0.05, 0.1) is 11.1 Å². The number of thiol groups is 2. The largest absolute Gasteiger partial charge is 0.525 e. The maximum absolute atomic E-state index is 13.2. The molecule has 2 rings (SSSR count). The summed E-state index contributed by atoms with van der Waals surface area (Å²) in [4.78, 5) is 26.1. The average Bonchev–Trinajstić information content (AvgIpc) is 3.17. The molecule has 2 amide bonds. The zero-order valence-corrected chi connectivity index (χ0v) is 31.8. The summed E-state index contributed by atoms with van der Waals surface area (Å²) in [6, 6.07) is 4.61. The molecule has 1 heterocycles. The molecule has 1 aromatic rings. The number of hydrogen-bond acceptors (Lipinski definition) is 9. The maximum atomic E-state index is 13.2. The minimum atomic E-state index is -6.23. The number of benzene rings is 1. The zero-order chi connectivity index (χ0) is 34.8. The van der Waals surface area contributed by atoms with Gasteiger partial charge >= 0.3 is 15.6 Å². The van der Waals surface area contributed by atoms with E-state index in [1.165, 1.54) is 12.1 Å². The molecule has 6 atom stereocenters. The van der Waals surface area contributed by atoms with Gasteiger partial charge in [0.2, 0.25) is 0 Å². The fourth-order valence-corrected chi connectivity index (χ4v) is 9.37. The molecule has 0 fully saturated rings. The number of carbonyl (C=O) groups is 2. The number of thioether (sulfide) groups is 2. The van der Waals surface area contributed by atoms with Gasteiger partial charge in [0.15, 0.2) is 0 Å². The van der Waals surface area contributed by atoms with Gasteiger partial charge in [-0.05, 0) is 67.8 Å². The Labute approximate surface area is 287 Å². The second-order valence-corrected chi connectivity index (χ2v) is 20.2. The lowest BCUT2D eigenvalue weighted by Gasteiger charge is -2.45. The molecule has 0 bridgehead atoms. The van der Waals surface area contributed by atoms with Gasteiger partial charge in [-0.15, -0.1) is 32.9 Å². The van der Waals surface area contributed by atoms with E-state index >= 15 is 0 Å². The van der Waals surface area contributed by atoms with E-state index in [4.69, 9.17) is 25.3 Å². The first-order valence-electron chi connectivity index (χ1n) is 15.3. The van der Waals surface area contributed by atoms with E-state index in [0.29, 0.717) is 0 Å². The van der Waals surface area contributed by atoms with Crippen LogP contribution in [0.25, 0.3) is 0 Å². The van der Waals surface area contributed by atoms with E-state index in [2.05, 4.69) is 67.5 Å². The van der Waals surface area contributed by atoms with Crippen LogP contribution in [0.3, 0.4) is 0 Å². The van der Waals surface area contributed by atoms with Crippen LogP contribution in [-0.4, -0.2) is 62.8 Å². The summed E-state index contributed by atoms with van der Waals surface area (Å²) in [7, 11) is -4.14. The minimum Gasteiger partial charge on any atom is -0.266 e. The highest BCUT2D eigenvalue weighted by molar-refractivity contribution is 8.05. The molecule has 256 valence electrons. The normalized spacial score (nSPS) is 21.0. The Bertz CT molecular complexity index is 1340. The molecule has 0 saturated heterocycles. The Kier molecular flexibility index (Phi) is 13.5. The molecule has 15 heteroatoms. The Balaban J connectivity index is 2.67.